The number of amides is 1. The van der Waals surface area contributed by atoms with Gasteiger partial charge in [0.05, 0.1) is 6.20 Å². The topological polar surface area (TPSA) is 104 Å². The van der Waals surface area contributed by atoms with Crippen molar-refractivity contribution in [2.24, 2.45) is 0 Å². The lowest BCUT2D eigenvalue weighted by Crippen LogP contribution is -2.40. The number of aryl methyl sites for hydroxylation is 1. The van der Waals surface area contributed by atoms with E-state index in [4.69, 9.17) is 0 Å². The van der Waals surface area contributed by atoms with Crippen LogP contribution >= 0.6 is 0 Å². The molecule has 4 rings (SSSR count). The number of benzene rings is 1. The van der Waals surface area contributed by atoms with Crippen LogP contribution in [-0.2, 0) is 11.3 Å². The van der Waals surface area contributed by atoms with Crippen LogP contribution in [0.2, 0.25) is 0 Å². The molecule has 1 fully saturated rings. The minimum Gasteiger partial charge on any atom is -0.342 e. The SMILES string of the molecule is O=C(CCn1ccc(=O)[nH]c1=O)N1CCC[C@@H](c2[nH]ncc2-c2ccccc2)C1. The molecule has 29 heavy (non-hydrogen) atoms. The molecule has 150 valence electrons. The summed E-state index contributed by atoms with van der Waals surface area (Å²) in [5.41, 5.74) is 2.31. The smallest absolute Gasteiger partial charge is 0.328 e. The van der Waals surface area contributed by atoms with Crippen molar-refractivity contribution in [3.63, 3.8) is 0 Å². The minimum absolute atomic E-state index is 0.00794. The van der Waals surface area contributed by atoms with Crippen LogP contribution in [0, 0.1) is 0 Å². The maximum Gasteiger partial charge on any atom is 0.328 e. The first kappa shape index (κ1) is 18.9. The predicted molar refractivity (Wildman–Crippen MR) is 109 cm³/mol. The van der Waals surface area contributed by atoms with Crippen molar-refractivity contribution in [1.29, 1.82) is 0 Å². The van der Waals surface area contributed by atoms with Gasteiger partial charge in [-0.05, 0) is 18.4 Å². The highest BCUT2D eigenvalue weighted by Crippen LogP contribution is 2.33. The van der Waals surface area contributed by atoms with Crippen molar-refractivity contribution in [3.05, 3.63) is 75.3 Å². The van der Waals surface area contributed by atoms with Gasteiger partial charge in [-0.2, -0.15) is 5.10 Å². The van der Waals surface area contributed by atoms with Crippen LogP contribution in [0.5, 0.6) is 0 Å². The van der Waals surface area contributed by atoms with Crippen molar-refractivity contribution < 1.29 is 4.79 Å². The van der Waals surface area contributed by atoms with Crippen molar-refractivity contribution in [3.8, 4) is 11.1 Å². The predicted octanol–water partition coefficient (Wildman–Crippen LogP) is 1.72. The first-order valence-electron chi connectivity index (χ1n) is 9.78. The third-order valence-corrected chi connectivity index (χ3v) is 5.40. The summed E-state index contributed by atoms with van der Waals surface area (Å²) in [6, 6.07) is 11.4. The Morgan fingerprint density at radius 1 is 1.17 bits per heavy atom. The van der Waals surface area contributed by atoms with Crippen LogP contribution in [0.4, 0.5) is 0 Å². The van der Waals surface area contributed by atoms with E-state index in [2.05, 4.69) is 27.3 Å². The molecule has 3 aromatic rings. The molecule has 1 aromatic carbocycles. The molecule has 0 saturated carbocycles. The molecule has 1 atom stereocenters. The molecule has 1 aliphatic heterocycles. The number of H-pyrrole nitrogens is 2. The monoisotopic (exact) mass is 393 g/mol. The number of hydrogen-bond donors (Lipinski definition) is 2. The Balaban J connectivity index is 1.44. The summed E-state index contributed by atoms with van der Waals surface area (Å²) in [7, 11) is 0. The molecule has 0 unspecified atom stereocenters. The van der Waals surface area contributed by atoms with Crippen LogP contribution in [0.3, 0.4) is 0 Å². The number of nitrogens with zero attached hydrogens (tertiary/aromatic N) is 3. The lowest BCUT2D eigenvalue weighted by Gasteiger charge is -2.33. The van der Waals surface area contributed by atoms with E-state index in [1.807, 2.05) is 29.3 Å². The van der Waals surface area contributed by atoms with Gasteiger partial charge in [0.2, 0.25) is 5.91 Å². The van der Waals surface area contributed by atoms with Gasteiger partial charge in [0.25, 0.3) is 5.56 Å². The lowest BCUT2D eigenvalue weighted by molar-refractivity contribution is -0.132. The van der Waals surface area contributed by atoms with Crippen LogP contribution in [0.25, 0.3) is 11.1 Å². The quantitative estimate of drug-likeness (QED) is 0.689. The molecule has 1 saturated heterocycles. The van der Waals surface area contributed by atoms with Gasteiger partial charge in [0, 0.05) is 55.5 Å². The average molecular weight is 393 g/mol. The highest BCUT2D eigenvalue weighted by Gasteiger charge is 2.27. The number of piperidine rings is 1. The van der Waals surface area contributed by atoms with Gasteiger partial charge in [-0.25, -0.2) is 4.79 Å². The second-order valence-electron chi connectivity index (χ2n) is 7.30. The largest absolute Gasteiger partial charge is 0.342 e. The van der Waals surface area contributed by atoms with E-state index in [0.29, 0.717) is 13.1 Å². The van der Waals surface area contributed by atoms with Gasteiger partial charge in [0.1, 0.15) is 0 Å². The van der Waals surface area contributed by atoms with Gasteiger partial charge in [-0.3, -0.25) is 19.7 Å². The number of likely N-dealkylation sites (tertiary alicyclic amines) is 1. The van der Waals surface area contributed by atoms with Gasteiger partial charge in [-0.15, -0.1) is 0 Å². The van der Waals surface area contributed by atoms with Crippen molar-refractivity contribution in [2.45, 2.75) is 31.7 Å². The average Bonchev–Trinajstić information content (AvgIpc) is 3.24. The molecule has 0 spiro atoms. The van der Waals surface area contributed by atoms with Gasteiger partial charge < -0.3 is 9.47 Å². The van der Waals surface area contributed by atoms with Crippen LogP contribution in [0.1, 0.15) is 30.9 Å². The third-order valence-electron chi connectivity index (χ3n) is 5.40. The van der Waals surface area contributed by atoms with Crippen molar-refractivity contribution in [1.82, 2.24) is 24.6 Å². The summed E-state index contributed by atoms with van der Waals surface area (Å²) >= 11 is 0. The van der Waals surface area contributed by atoms with Crippen molar-refractivity contribution in [2.75, 3.05) is 13.1 Å². The fourth-order valence-corrected chi connectivity index (χ4v) is 3.89. The molecular formula is C21H23N5O3. The molecule has 2 aromatic heterocycles. The second kappa shape index (κ2) is 8.30. The molecule has 2 N–H and O–H groups in total. The number of rotatable bonds is 5. The normalized spacial score (nSPS) is 16.7. The Morgan fingerprint density at radius 2 is 2.00 bits per heavy atom. The highest BCUT2D eigenvalue weighted by atomic mass is 16.2. The van der Waals surface area contributed by atoms with Gasteiger partial charge in [0.15, 0.2) is 0 Å². The maximum absolute atomic E-state index is 12.7. The fraction of sp³-hybridized carbons (Fsp3) is 0.333. The number of carbonyl (C=O) groups is 1. The zero-order chi connectivity index (χ0) is 20.2. The molecule has 0 radical (unpaired) electrons. The second-order valence-corrected chi connectivity index (χ2v) is 7.30. The van der Waals surface area contributed by atoms with E-state index >= 15 is 0 Å². The first-order valence-corrected chi connectivity index (χ1v) is 9.78. The first-order chi connectivity index (χ1) is 14.1. The van der Waals surface area contributed by atoms with E-state index in [-0.39, 0.29) is 24.8 Å². The fourth-order valence-electron chi connectivity index (χ4n) is 3.89. The summed E-state index contributed by atoms with van der Waals surface area (Å²) in [4.78, 5) is 39.7. The molecular weight excluding hydrogens is 370 g/mol. The number of nitrogens with one attached hydrogen (secondary N) is 2. The molecule has 1 amide bonds. The summed E-state index contributed by atoms with van der Waals surface area (Å²) in [5, 5.41) is 7.38. The third kappa shape index (κ3) is 4.21. The summed E-state index contributed by atoms with van der Waals surface area (Å²) in [6.07, 6.45) is 5.39. The molecule has 3 heterocycles. The maximum atomic E-state index is 12.7. The number of hydrogen-bond acceptors (Lipinski definition) is 4. The zero-order valence-electron chi connectivity index (χ0n) is 16.0. The van der Waals surface area contributed by atoms with Crippen LogP contribution in [0.15, 0.2) is 58.4 Å². The summed E-state index contributed by atoms with van der Waals surface area (Å²) in [6.45, 7) is 1.58. The lowest BCUT2D eigenvalue weighted by atomic mass is 9.90. The Kier molecular flexibility index (Phi) is 5.41. The van der Waals surface area contributed by atoms with Crippen LogP contribution in [-0.4, -0.2) is 43.6 Å². The summed E-state index contributed by atoms with van der Waals surface area (Å²) < 4.78 is 1.35. The van der Waals surface area contributed by atoms with Gasteiger partial charge >= 0.3 is 5.69 Å². The Labute approximate surface area is 167 Å². The zero-order valence-corrected chi connectivity index (χ0v) is 16.0. The van der Waals surface area contributed by atoms with Gasteiger partial charge in [-0.1, -0.05) is 30.3 Å². The van der Waals surface area contributed by atoms with Crippen molar-refractivity contribution >= 4 is 5.91 Å². The molecule has 8 nitrogen and oxygen atoms in total. The van der Waals surface area contributed by atoms with E-state index in [1.165, 1.54) is 16.8 Å². The van der Waals surface area contributed by atoms with E-state index in [1.54, 1.807) is 0 Å². The standard InChI is InChI=1S/C21H23N5O3/c27-18-8-11-25(21(29)23-18)12-9-19(28)26-10-4-7-16(14-26)20-17(13-22-24-20)15-5-2-1-3-6-15/h1-3,5-6,8,11,13,16H,4,7,9-10,12,14H2,(H,22,24)(H,23,27,29)/t16-/m1/s1. The molecule has 8 heteroatoms. The molecule has 0 aliphatic carbocycles. The Hall–Kier alpha value is -3.42. The Morgan fingerprint density at radius 3 is 2.79 bits per heavy atom. The van der Waals surface area contributed by atoms with E-state index in [0.717, 1.165) is 29.7 Å². The molecule has 1 aliphatic rings. The highest BCUT2D eigenvalue weighted by molar-refractivity contribution is 5.76. The minimum atomic E-state index is -0.494. The van der Waals surface area contributed by atoms with Crippen LogP contribution < -0.4 is 11.2 Å². The van der Waals surface area contributed by atoms with E-state index in [9.17, 15) is 14.4 Å². The Bertz CT molecular complexity index is 1100. The molecule has 0 bridgehead atoms. The number of carbonyl (C=O) groups excluding carboxylic acids is 1. The van der Waals surface area contributed by atoms with E-state index < -0.39 is 11.2 Å². The number of aromatic nitrogens is 4. The number of aromatic amines is 2. The summed E-state index contributed by atoms with van der Waals surface area (Å²) in [5.74, 6) is 0.204.